The highest BCUT2D eigenvalue weighted by molar-refractivity contribution is 7.92. The molecule has 0 heterocycles. The lowest BCUT2D eigenvalue weighted by Gasteiger charge is -2.33. The lowest BCUT2D eigenvalue weighted by molar-refractivity contribution is -0.139. The number of carbonyl (C=O) groups excluding carboxylic acids is 2. The van der Waals surface area contributed by atoms with Gasteiger partial charge in [-0.05, 0) is 35.4 Å². The molecule has 196 valence electrons. The molecule has 11 heteroatoms. The molecule has 3 aromatic rings. The second-order valence-electron chi connectivity index (χ2n) is 8.31. The summed E-state index contributed by atoms with van der Waals surface area (Å²) in [7, 11) is -2.53. The van der Waals surface area contributed by atoms with E-state index in [2.05, 4.69) is 5.32 Å². The predicted octanol–water partition coefficient (Wildman–Crippen LogP) is 4.28. The van der Waals surface area contributed by atoms with E-state index in [1.165, 1.54) is 54.4 Å². The monoisotopic (exact) mass is 565 g/mol. The average Bonchev–Trinajstić information content (AvgIpc) is 2.87. The van der Waals surface area contributed by atoms with E-state index >= 15 is 0 Å². The van der Waals surface area contributed by atoms with Crippen LogP contribution in [-0.4, -0.2) is 51.0 Å². The van der Waals surface area contributed by atoms with Gasteiger partial charge in [0.1, 0.15) is 18.4 Å². The molecule has 0 saturated carbocycles. The van der Waals surface area contributed by atoms with Crippen molar-refractivity contribution in [2.45, 2.75) is 19.0 Å². The molecule has 1 unspecified atom stereocenters. The molecule has 3 aromatic carbocycles. The lowest BCUT2D eigenvalue weighted by atomic mass is 10.0. The minimum absolute atomic E-state index is 0.0281. The van der Waals surface area contributed by atoms with E-state index < -0.39 is 40.2 Å². The van der Waals surface area contributed by atoms with E-state index in [1.54, 1.807) is 0 Å². The van der Waals surface area contributed by atoms with Crippen molar-refractivity contribution in [3.63, 3.8) is 0 Å². The number of benzene rings is 3. The summed E-state index contributed by atoms with van der Waals surface area (Å²) < 4.78 is 39.8. The average molecular weight is 566 g/mol. The molecule has 0 aliphatic rings. The molecule has 0 saturated heterocycles. The van der Waals surface area contributed by atoms with Crippen molar-refractivity contribution in [2.75, 3.05) is 24.2 Å². The topological polar surface area (TPSA) is 86.8 Å². The third-order valence-electron chi connectivity index (χ3n) is 5.66. The Labute approximate surface area is 225 Å². The zero-order valence-corrected chi connectivity index (χ0v) is 22.5. The first-order valence-electron chi connectivity index (χ1n) is 11.2. The normalized spacial score (nSPS) is 12.0. The summed E-state index contributed by atoms with van der Waals surface area (Å²) in [6.07, 6.45) is 1.12. The van der Waals surface area contributed by atoms with Crippen molar-refractivity contribution < 1.29 is 22.4 Å². The van der Waals surface area contributed by atoms with Gasteiger partial charge in [0.25, 0.3) is 0 Å². The molecule has 3 rings (SSSR count). The fraction of sp³-hybridized carbons (Fsp3) is 0.231. The van der Waals surface area contributed by atoms with E-state index in [9.17, 15) is 22.4 Å². The molecule has 1 atom stereocenters. The molecule has 37 heavy (non-hydrogen) atoms. The molecule has 0 aliphatic carbocycles. The van der Waals surface area contributed by atoms with Crippen LogP contribution in [0.1, 0.15) is 11.1 Å². The van der Waals surface area contributed by atoms with Gasteiger partial charge in [0, 0.05) is 20.0 Å². The van der Waals surface area contributed by atoms with Gasteiger partial charge in [0.2, 0.25) is 21.8 Å². The van der Waals surface area contributed by atoms with Gasteiger partial charge in [-0.3, -0.25) is 13.9 Å². The summed E-state index contributed by atoms with van der Waals surface area (Å²) >= 11 is 12.4. The molecule has 0 radical (unpaired) electrons. The standard InChI is InChI=1S/C26H26Cl2FN3O4S/c1-30-26(34)23(15-18-7-4-3-5-8-18)31(16-19-11-13-20(29)14-12-19)24(33)17-32(37(2,35)36)22-10-6-9-21(27)25(22)28/h3-14,23H,15-17H2,1-2H3,(H,30,34). The minimum atomic E-state index is -3.98. The number of nitrogens with zero attached hydrogens (tertiary/aromatic N) is 2. The Balaban J connectivity index is 2.05. The van der Waals surface area contributed by atoms with Crippen LogP contribution in [-0.2, 0) is 32.6 Å². The van der Waals surface area contributed by atoms with E-state index in [4.69, 9.17) is 23.2 Å². The summed E-state index contributed by atoms with van der Waals surface area (Å²) in [5.74, 6) is -1.55. The highest BCUT2D eigenvalue weighted by atomic mass is 35.5. The molecule has 0 aromatic heterocycles. The van der Waals surface area contributed by atoms with Crippen LogP contribution in [0.15, 0.2) is 72.8 Å². The third kappa shape index (κ3) is 7.44. The SMILES string of the molecule is CNC(=O)C(Cc1ccccc1)N(Cc1ccc(F)cc1)C(=O)CN(c1cccc(Cl)c1Cl)S(C)(=O)=O. The minimum Gasteiger partial charge on any atom is -0.357 e. The molecule has 2 amide bonds. The quantitative estimate of drug-likeness (QED) is 0.397. The first-order valence-corrected chi connectivity index (χ1v) is 13.8. The number of rotatable bonds is 10. The van der Waals surface area contributed by atoms with Gasteiger partial charge in [-0.15, -0.1) is 0 Å². The second-order valence-corrected chi connectivity index (χ2v) is 11.0. The smallest absolute Gasteiger partial charge is 0.244 e. The lowest BCUT2D eigenvalue weighted by Crippen LogP contribution is -2.52. The Bertz CT molecular complexity index is 1360. The number of nitrogens with one attached hydrogen (secondary N) is 1. The van der Waals surface area contributed by atoms with Gasteiger partial charge < -0.3 is 10.2 Å². The first kappa shape index (κ1) is 28.4. The molecular weight excluding hydrogens is 540 g/mol. The van der Waals surface area contributed by atoms with E-state index in [-0.39, 0.29) is 28.7 Å². The maximum atomic E-state index is 13.8. The van der Waals surface area contributed by atoms with E-state index in [1.807, 2.05) is 30.3 Å². The Morgan fingerprint density at radius 3 is 2.19 bits per heavy atom. The Morgan fingerprint density at radius 2 is 1.59 bits per heavy atom. The molecule has 0 fully saturated rings. The van der Waals surface area contributed by atoms with Crippen molar-refractivity contribution in [1.82, 2.24) is 10.2 Å². The van der Waals surface area contributed by atoms with Crippen molar-refractivity contribution in [1.29, 1.82) is 0 Å². The number of amides is 2. The molecular formula is C26H26Cl2FN3O4S. The number of halogens is 3. The van der Waals surface area contributed by atoms with Crippen LogP contribution in [0.2, 0.25) is 10.0 Å². The van der Waals surface area contributed by atoms with Crippen LogP contribution < -0.4 is 9.62 Å². The van der Waals surface area contributed by atoms with Crippen molar-refractivity contribution in [2.24, 2.45) is 0 Å². The number of anilines is 1. The van der Waals surface area contributed by atoms with Crippen LogP contribution in [0.5, 0.6) is 0 Å². The summed E-state index contributed by atoms with van der Waals surface area (Å²) in [5, 5.41) is 2.68. The highest BCUT2D eigenvalue weighted by Crippen LogP contribution is 2.33. The first-order chi connectivity index (χ1) is 17.5. The number of likely N-dealkylation sites (N-methyl/N-ethyl adjacent to an activating group) is 1. The van der Waals surface area contributed by atoms with Crippen molar-refractivity contribution in [3.05, 3.63) is 99.8 Å². The summed E-state index contributed by atoms with van der Waals surface area (Å²) in [4.78, 5) is 28.1. The van der Waals surface area contributed by atoms with Gasteiger partial charge in [0.05, 0.1) is 22.0 Å². The number of hydrogen-bond donors (Lipinski definition) is 1. The molecule has 0 spiro atoms. The molecule has 0 bridgehead atoms. The predicted molar refractivity (Wildman–Crippen MR) is 144 cm³/mol. The Morgan fingerprint density at radius 1 is 0.946 bits per heavy atom. The Kier molecular flexibility index (Phi) is 9.53. The van der Waals surface area contributed by atoms with Crippen molar-refractivity contribution >= 4 is 50.7 Å². The third-order valence-corrected chi connectivity index (χ3v) is 7.60. The number of hydrogen-bond acceptors (Lipinski definition) is 4. The van der Waals surface area contributed by atoms with Gasteiger partial charge in [-0.2, -0.15) is 0 Å². The van der Waals surface area contributed by atoms with E-state index in [0.717, 1.165) is 16.1 Å². The Hall–Kier alpha value is -3.14. The van der Waals surface area contributed by atoms with Gasteiger partial charge in [0.15, 0.2) is 0 Å². The zero-order valence-electron chi connectivity index (χ0n) is 20.2. The molecule has 0 aliphatic heterocycles. The summed E-state index contributed by atoms with van der Waals surface area (Å²) in [6, 6.07) is 18.1. The number of sulfonamides is 1. The van der Waals surface area contributed by atoms with E-state index in [0.29, 0.717) is 5.56 Å². The van der Waals surface area contributed by atoms with Crippen LogP contribution >= 0.6 is 23.2 Å². The van der Waals surface area contributed by atoms with Crippen molar-refractivity contribution in [3.8, 4) is 0 Å². The fourth-order valence-electron chi connectivity index (χ4n) is 3.79. The largest absolute Gasteiger partial charge is 0.357 e. The molecule has 7 nitrogen and oxygen atoms in total. The zero-order chi connectivity index (χ0) is 27.2. The van der Waals surface area contributed by atoms with Gasteiger partial charge in [-0.1, -0.05) is 71.7 Å². The summed E-state index contributed by atoms with van der Waals surface area (Å²) in [6.45, 7) is -0.701. The second kappa shape index (κ2) is 12.4. The van der Waals surface area contributed by atoms with Crippen LogP contribution in [0.25, 0.3) is 0 Å². The van der Waals surface area contributed by atoms with Crippen LogP contribution in [0, 0.1) is 5.82 Å². The number of carbonyl (C=O) groups is 2. The maximum absolute atomic E-state index is 13.8. The van der Waals surface area contributed by atoms with Crippen LogP contribution in [0.3, 0.4) is 0 Å². The fourth-order valence-corrected chi connectivity index (χ4v) is 5.09. The van der Waals surface area contributed by atoms with Gasteiger partial charge in [-0.25, -0.2) is 12.8 Å². The highest BCUT2D eigenvalue weighted by Gasteiger charge is 2.33. The van der Waals surface area contributed by atoms with Crippen LogP contribution in [0.4, 0.5) is 10.1 Å². The summed E-state index contributed by atoms with van der Waals surface area (Å²) in [5.41, 5.74) is 1.39. The van der Waals surface area contributed by atoms with Gasteiger partial charge >= 0.3 is 0 Å². The molecule has 1 N–H and O–H groups in total. The maximum Gasteiger partial charge on any atom is 0.244 e.